The summed E-state index contributed by atoms with van der Waals surface area (Å²) in [6.45, 7) is 11.7. The van der Waals surface area contributed by atoms with Crippen molar-refractivity contribution < 1.29 is 21.9 Å². The number of aromatic nitrogens is 2. The van der Waals surface area contributed by atoms with Gasteiger partial charge in [-0.3, -0.25) is 0 Å². The molecule has 0 fully saturated rings. The molecule has 0 bridgehead atoms. The van der Waals surface area contributed by atoms with E-state index in [0.29, 0.717) is 10.8 Å². The molecule has 2 heteroatoms. The fraction of sp³-hybridized carbons (Fsp3) is 0.182. The van der Waals surface area contributed by atoms with Gasteiger partial charge in [0, 0.05) is 32.9 Å². The van der Waals surface area contributed by atoms with Crippen LogP contribution in [0.15, 0.2) is 133 Å². The number of hydrogen-bond donors (Lipinski definition) is 0. The lowest BCUT2D eigenvalue weighted by molar-refractivity contribution is 0.591. The predicted octanol–water partition coefficient (Wildman–Crippen LogP) is 12.1. The minimum Gasteiger partial charge on any atom is -0.309 e. The van der Waals surface area contributed by atoms with Crippen molar-refractivity contribution in [2.75, 3.05) is 0 Å². The van der Waals surface area contributed by atoms with Gasteiger partial charge in [-0.05, 0) is 93.6 Å². The molecule has 226 valence electrons. The fourth-order valence-electron chi connectivity index (χ4n) is 5.88. The molecule has 6 aromatic carbocycles. The molecule has 0 aliphatic carbocycles. The standard InChI is InChI=1S/C44H40N2/c1-43(2,3)31-21-23-41-37(27-31)35-17-7-9-19-39(35)45(41)33-15-11-13-29(25-33)30-14-12-16-34(26-30)46-40-20-10-8-18-36(40)38-28-32(44(4,5)6)22-24-42(38)46/h7-28H,1-6H3/i7D,8D,9D,10D,11D,12D,13D,14D,15D,16D,19D,20D,23D,24D,25D,26D. The minimum atomic E-state index is -0.761. The fourth-order valence-corrected chi connectivity index (χ4v) is 5.88. The lowest BCUT2D eigenvalue weighted by Gasteiger charge is -2.19. The van der Waals surface area contributed by atoms with Crippen LogP contribution in [0.5, 0.6) is 0 Å². The summed E-state index contributed by atoms with van der Waals surface area (Å²) in [6, 6.07) is 1.12. The first kappa shape index (κ1) is 16.0. The van der Waals surface area contributed by atoms with E-state index in [2.05, 4.69) is 0 Å². The van der Waals surface area contributed by atoms with Crippen LogP contribution in [0.2, 0.25) is 0 Å². The van der Waals surface area contributed by atoms with E-state index in [1.54, 1.807) is 24.3 Å². The Hall–Kier alpha value is -5.08. The number of fused-ring (bicyclic) bond motifs is 6. The number of rotatable bonds is 3. The van der Waals surface area contributed by atoms with Crippen molar-refractivity contribution in [3.8, 4) is 22.5 Å². The summed E-state index contributed by atoms with van der Waals surface area (Å²) in [7, 11) is 0. The van der Waals surface area contributed by atoms with Gasteiger partial charge in [0.15, 0.2) is 0 Å². The highest BCUT2D eigenvalue weighted by molar-refractivity contribution is 6.10. The normalized spacial score (nSPS) is 17.4. The van der Waals surface area contributed by atoms with E-state index in [0.717, 1.165) is 11.1 Å². The first-order valence-corrected chi connectivity index (χ1v) is 15.1. The van der Waals surface area contributed by atoms with Crippen molar-refractivity contribution in [3.05, 3.63) is 144 Å². The molecule has 2 aromatic heterocycles. The molecule has 0 aliphatic heterocycles. The van der Waals surface area contributed by atoms with Gasteiger partial charge in [0.1, 0.15) is 0 Å². The highest BCUT2D eigenvalue weighted by atomic mass is 15.0. The monoisotopic (exact) mass is 612 g/mol. The van der Waals surface area contributed by atoms with Gasteiger partial charge in [0.25, 0.3) is 0 Å². The summed E-state index contributed by atoms with van der Waals surface area (Å²) >= 11 is 0. The van der Waals surface area contributed by atoms with E-state index in [1.165, 1.54) is 21.3 Å². The zero-order chi connectivity index (χ0) is 45.7. The van der Waals surface area contributed by atoms with Gasteiger partial charge >= 0.3 is 0 Å². The summed E-state index contributed by atoms with van der Waals surface area (Å²) in [4.78, 5) is 0. The maximum atomic E-state index is 9.76. The molecule has 2 nitrogen and oxygen atoms in total. The summed E-state index contributed by atoms with van der Waals surface area (Å²) < 4.78 is 148. The van der Waals surface area contributed by atoms with Crippen molar-refractivity contribution in [2.24, 2.45) is 0 Å². The van der Waals surface area contributed by atoms with Crippen LogP contribution in [-0.2, 0) is 10.8 Å². The summed E-state index contributed by atoms with van der Waals surface area (Å²) in [5.74, 6) is 0. The van der Waals surface area contributed by atoms with Crippen LogP contribution >= 0.6 is 0 Å². The van der Waals surface area contributed by atoms with Crippen molar-refractivity contribution in [3.63, 3.8) is 0 Å². The second-order valence-electron chi connectivity index (χ2n) is 13.5. The SMILES string of the molecule is [2H]c1cc2c3cc(C(C)(C)C)cc([2H])c3n(-c3c([2H])c([2H])c([2H])c(-c4c([2H])c([2H])c([2H])c(-n5c6c([2H])cc(C(C)(C)C)cc6c6cc([2H])c([2H])c([2H])c65)c4[2H])c3[2H])c2c([2H])c1[2H]. The topological polar surface area (TPSA) is 9.86 Å². The average molecular weight is 613 g/mol. The van der Waals surface area contributed by atoms with Gasteiger partial charge < -0.3 is 9.13 Å². The molecule has 8 aromatic rings. The lowest BCUT2D eigenvalue weighted by atomic mass is 9.86. The Morgan fingerprint density at radius 1 is 0.435 bits per heavy atom. The Morgan fingerprint density at radius 3 is 1.26 bits per heavy atom. The van der Waals surface area contributed by atoms with E-state index in [1.807, 2.05) is 41.5 Å². The summed E-state index contributed by atoms with van der Waals surface area (Å²) in [5.41, 5.74) is -1.29. The molecule has 46 heavy (non-hydrogen) atoms. The Morgan fingerprint density at radius 2 is 0.848 bits per heavy atom. The first-order valence-electron chi connectivity index (χ1n) is 23.1. The zero-order valence-corrected chi connectivity index (χ0v) is 26.4. The lowest BCUT2D eigenvalue weighted by Crippen LogP contribution is -2.10. The van der Waals surface area contributed by atoms with Crippen molar-refractivity contribution >= 4 is 43.6 Å². The highest BCUT2D eigenvalue weighted by Gasteiger charge is 2.20. The van der Waals surface area contributed by atoms with E-state index in [-0.39, 0.29) is 57.0 Å². The quantitative estimate of drug-likeness (QED) is 0.188. The Balaban J connectivity index is 1.56. The molecule has 0 unspecified atom stereocenters. The Bertz CT molecular complexity index is 3110. The van der Waals surface area contributed by atoms with Crippen molar-refractivity contribution in [1.82, 2.24) is 9.13 Å². The van der Waals surface area contributed by atoms with Crippen LogP contribution in [0.3, 0.4) is 0 Å². The van der Waals surface area contributed by atoms with E-state index in [4.69, 9.17) is 11.0 Å². The van der Waals surface area contributed by atoms with Gasteiger partial charge in [0.2, 0.25) is 0 Å². The van der Waals surface area contributed by atoms with Crippen LogP contribution in [0.4, 0.5) is 0 Å². The van der Waals surface area contributed by atoms with Crippen LogP contribution < -0.4 is 0 Å². The predicted molar refractivity (Wildman–Crippen MR) is 198 cm³/mol. The number of para-hydroxylation sites is 2. The molecule has 8 rings (SSSR count). The van der Waals surface area contributed by atoms with E-state index >= 15 is 0 Å². The number of hydrogen-bond acceptors (Lipinski definition) is 0. The Kier molecular flexibility index (Phi) is 3.55. The van der Waals surface area contributed by atoms with Crippen molar-refractivity contribution in [2.45, 2.75) is 52.4 Å². The molecular weight excluding hydrogens is 556 g/mol. The second kappa shape index (κ2) is 10.2. The number of nitrogens with zero attached hydrogens (tertiary/aromatic N) is 2. The van der Waals surface area contributed by atoms with Gasteiger partial charge in [-0.1, -0.05) is 114 Å². The van der Waals surface area contributed by atoms with Gasteiger partial charge in [0.05, 0.1) is 44.0 Å². The maximum absolute atomic E-state index is 9.76. The zero-order valence-electron chi connectivity index (χ0n) is 42.4. The third kappa shape index (κ3) is 4.55. The van der Waals surface area contributed by atoms with Crippen LogP contribution in [0, 0.1) is 0 Å². The molecule has 0 amide bonds. The average Bonchev–Trinajstić information content (AvgIpc) is 3.68. The highest BCUT2D eigenvalue weighted by Crippen LogP contribution is 2.38. The first-order chi connectivity index (χ1) is 28.7. The molecule has 0 radical (unpaired) electrons. The third-order valence-electron chi connectivity index (χ3n) is 8.42. The van der Waals surface area contributed by atoms with Gasteiger partial charge in [-0.25, -0.2) is 0 Å². The summed E-state index contributed by atoms with van der Waals surface area (Å²) in [5, 5.41) is 1.29. The Labute approximate surface area is 294 Å². The van der Waals surface area contributed by atoms with E-state index < -0.39 is 106 Å². The molecule has 0 aliphatic rings. The molecule has 0 saturated heterocycles. The largest absolute Gasteiger partial charge is 0.309 e. The minimum absolute atomic E-state index is 0.0444. The number of benzene rings is 6. The molecule has 0 saturated carbocycles. The van der Waals surface area contributed by atoms with Crippen LogP contribution in [-0.4, -0.2) is 9.13 Å². The maximum Gasteiger partial charge on any atom is 0.0651 e. The molecule has 2 heterocycles. The van der Waals surface area contributed by atoms with Gasteiger partial charge in [-0.15, -0.1) is 0 Å². The summed E-state index contributed by atoms with van der Waals surface area (Å²) in [6.07, 6.45) is 0. The van der Waals surface area contributed by atoms with Crippen molar-refractivity contribution in [1.29, 1.82) is 0 Å². The second-order valence-corrected chi connectivity index (χ2v) is 13.5. The molecule has 0 spiro atoms. The molecule has 0 atom stereocenters. The third-order valence-corrected chi connectivity index (χ3v) is 8.42. The molecule has 0 N–H and O–H groups in total. The van der Waals surface area contributed by atoms with E-state index in [9.17, 15) is 11.0 Å². The smallest absolute Gasteiger partial charge is 0.0651 e. The van der Waals surface area contributed by atoms with Gasteiger partial charge in [-0.2, -0.15) is 0 Å². The molecular formula is C44H40N2. The van der Waals surface area contributed by atoms with Crippen LogP contribution in [0.1, 0.15) is 74.6 Å². The van der Waals surface area contributed by atoms with Crippen LogP contribution in [0.25, 0.3) is 66.1 Å².